The molecule has 2 heteroatoms. The normalized spacial score (nSPS) is 7.00. The molecule has 0 saturated carbocycles. The second-order valence-electron chi connectivity index (χ2n) is 0.312. The van der Waals surface area contributed by atoms with Gasteiger partial charge in [-0.15, -0.1) is 0 Å². The van der Waals surface area contributed by atoms with E-state index in [2.05, 4.69) is 6.58 Å². The van der Waals surface area contributed by atoms with Gasteiger partial charge in [-0.25, -0.2) is 0 Å². The number of nitrogens with one attached hydrogen (secondary N) is 1. The lowest BCUT2D eigenvalue weighted by Crippen LogP contribution is -0.996. The molecule has 0 unspecified atom stereocenters. The Balaban J connectivity index is 2.73. The summed E-state index contributed by atoms with van der Waals surface area (Å²) < 4.78 is 0. The quantitative estimate of drug-likeness (QED) is 0.458. The Morgan fingerprint density at radius 3 is 2.25 bits per heavy atom. The van der Waals surface area contributed by atoms with Crippen LogP contribution in [0.4, 0.5) is 0 Å². The van der Waals surface area contributed by atoms with E-state index in [9.17, 15) is 0 Å². The van der Waals surface area contributed by atoms with Crippen LogP contribution in [0.5, 0.6) is 0 Å². The van der Waals surface area contributed by atoms with E-state index in [1.54, 1.807) is 0 Å². The molecule has 22 valence electrons. The fourth-order valence-corrected chi connectivity index (χ4v) is 0. The molecular formula is C2H4NP. The van der Waals surface area contributed by atoms with Crippen LogP contribution in [-0.2, 0) is 0 Å². The molecule has 0 heterocycles. The van der Waals surface area contributed by atoms with Crippen molar-refractivity contribution in [1.29, 1.82) is 5.16 Å². The molecule has 0 bridgehead atoms. The van der Waals surface area contributed by atoms with Crippen molar-refractivity contribution in [3.05, 3.63) is 12.4 Å². The minimum Gasteiger partial charge on any atom is -0.279 e. The molecule has 0 saturated heterocycles. The van der Waals surface area contributed by atoms with Crippen LogP contribution in [-0.4, -0.2) is 0 Å². The van der Waals surface area contributed by atoms with Crippen LogP contribution in [0.25, 0.3) is 0 Å². The number of hydrogen-bond acceptors (Lipinski definition) is 1. The minimum absolute atomic E-state index is 0.512. The molecule has 0 aliphatic rings. The summed E-state index contributed by atoms with van der Waals surface area (Å²) in [5, 5.41) is 6.31. The number of hydrogen-bond donors (Lipinski definition) is 1. The van der Waals surface area contributed by atoms with E-state index in [1.807, 2.05) is 0 Å². The van der Waals surface area contributed by atoms with Gasteiger partial charge < -0.3 is 0 Å². The Bertz CT molecular complexity index is 27.0. The molecule has 4 heavy (non-hydrogen) atoms. The lowest BCUT2D eigenvalue weighted by molar-refractivity contribution is 1.65. The molecule has 0 atom stereocenters. The average Bonchev–Trinajstić information content (AvgIpc) is 1.37. The smallest absolute Gasteiger partial charge is 0.0265 e. The van der Waals surface area contributed by atoms with Crippen molar-refractivity contribution < 1.29 is 0 Å². The molecule has 0 aliphatic carbocycles. The molecule has 0 amide bonds. The van der Waals surface area contributed by atoms with Crippen molar-refractivity contribution in [3.63, 3.8) is 0 Å². The van der Waals surface area contributed by atoms with Crippen molar-refractivity contribution in [2.75, 3.05) is 0 Å². The fraction of sp³-hybridized carbons (Fsp3) is 0. The lowest BCUT2D eigenvalue weighted by atomic mass is 11.3. The second kappa shape index (κ2) is 2.84. The molecule has 0 aromatic carbocycles. The van der Waals surface area contributed by atoms with Crippen molar-refractivity contribution in [1.82, 2.24) is 0 Å². The third-order valence-electron chi connectivity index (χ3n) is 0.0913. The van der Waals surface area contributed by atoms with Crippen molar-refractivity contribution in [2.45, 2.75) is 0 Å². The van der Waals surface area contributed by atoms with Crippen molar-refractivity contribution in [2.24, 2.45) is 0 Å². The standard InChI is InChI=1S/C2H4NP/c1-2-4-3/h2-3H,1H2. The Labute approximate surface area is 27.0 Å². The van der Waals surface area contributed by atoms with Crippen LogP contribution in [0.3, 0.4) is 0 Å². The predicted molar refractivity (Wildman–Crippen MR) is 19.8 cm³/mol. The Morgan fingerprint density at radius 2 is 2.25 bits per heavy atom. The summed E-state index contributed by atoms with van der Waals surface area (Å²) in [6.45, 7) is 3.28. The van der Waals surface area contributed by atoms with Gasteiger partial charge in [0.05, 0.1) is 0 Å². The highest BCUT2D eigenvalue weighted by Gasteiger charge is 1.33. The summed E-state index contributed by atoms with van der Waals surface area (Å²) >= 11 is 0. The highest BCUT2D eigenvalue weighted by atomic mass is 31.1. The van der Waals surface area contributed by atoms with Crippen LogP contribution >= 0.6 is 8.37 Å². The van der Waals surface area contributed by atoms with Gasteiger partial charge in [-0.3, -0.25) is 5.16 Å². The Hall–Kier alpha value is -0.160. The van der Waals surface area contributed by atoms with Gasteiger partial charge in [0.15, 0.2) is 0 Å². The Kier molecular flexibility index (Phi) is 2.73. The van der Waals surface area contributed by atoms with E-state index in [0.717, 1.165) is 0 Å². The van der Waals surface area contributed by atoms with E-state index in [4.69, 9.17) is 5.16 Å². The largest absolute Gasteiger partial charge is 0.279 e. The maximum absolute atomic E-state index is 6.31. The third kappa shape index (κ3) is 1.84. The first-order chi connectivity index (χ1) is 1.91. The van der Waals surface area contributed by atoms with Gasteiger partial charge in [-0.2, -0.15) is 0 Å². The van der Waals surface area contributed by atoms with E-state index in [1.165, 1.54) is 5.82 Å². The summed E-state index contributed by atoms with van der Waals surface area (Å²) in [5.41, 5.74) is 0. The highest BCUT2D eigenvalue weighted by Crippen LogP contribution is 1.86. The van der Waals surface area contributed by atoms with Crippen LogP contribution in [0.2, 0.25) is 0 Å². The molecular weight excluding hydrogens is 69.0 g/mol. The van der Waals surface area contributed by atoms with E-state index in [-0.39, 0.29) is 0 Å². The maximum Gasteiger partial charge on any atom is 0.0265 e. The molecule has 1 N–H and O–H groups in total. The van der Waals surface area contributed by atoms with E-state index >= 15 is 0 Å². The average molecular weight is 73.0 g/mol. The summed E-state index contributed by atoms with van der Waals surface area (Å²) in [6, 6.07) is 0. The minimum atomic E-state index is 0.512. The van der Waals surface area contributed by atoms with Crippen LogP contribution < -0.4 is 0 Å². The molecule has 0 aliphatic heterocycles. The van der Waals surface area contributed by atoms with Gasteiger partial charge in [0, 0.05) is 8.37 Å². The fourth-order valence-electron chi connectivity index (χ4n) is 0. The van der Waals surface area contributed by atoms with Gasteiger partial charge in [0.2, 0.25) is 0 Å². The molecule has 0 aromatic heterocycles. The molecule has 0 spiro atoms. The summed E-state index contributed by atoms with van der Waals surface area (Å²) in [7, 11) is 0.512. The van der Waals surface area contributed by atoms with Gasteiger partial charge in [-0.1, -0.05) is 6.58 Å². The first-order valence-electron chi connectivity index (χ1n) is 0.890. The zero-order valence-electron chi connectivity index (χ0n) is 2.23. The zero-order valence-corrected chi connectivity index (χ0v) is 3.13. The molecule has 0 aromatic rings. The van der Waals surface area contributed by atoms with Gasteiger partial charge in [-0.05, 0) is 5.82 Å². The van der Waals surface area contributed by atoms with Crippen molar-refractivity contribution >= 4 is 8.37 Å². The summed E-state index contributed by atoms with van der Waals surface area (Å²) in [5.74, 6) is 1.51. The van der Waals surface area contributed by atoms with Crippen LogP contribution in [0.15, 0.2) is 12.4 Å². The van der Waals surface area contributed by atoms with Crippen molar-refractivity contribution in [3.8, 4) is 0 Å². The maximum atomic E-state index is 6.31. The van der Waals surface area contributed by atoms with Gasteiger partial charge >= 0.3 is 0 Å². The summed E-state index contributed by atoms with van der Waals surface area (Å²) in [6.07, 6.45) is 0. The topological polar surface area (TPSA) is 23.9 Å². The van der Waals surface area contributed by atoms with Gasteiger partial charge in [0.25, 0.3) is 0 Å². The molecule has 0 rings (SSSR count). The lowest BCUT2D eigenvalue weighted by Gasteiger charge is -1.41. The zero-order chi connectivity index (χ0) is 3.41. The second-order valence-corrected chi connectivity index (χ2v) is 0.935. The van der Waals surface area contributed by atoms with E-state index < -0.39 is 0 Å². The first-order valence-corrected chi connectivity index (χ1v) is 1.85. The monoisotopic (exact) mass is 73.0 g/mol. The predicted octanol–water partition coefficient (Wildman–Crippen LogP) is 1.84. The van der Waals surface area contributed by atoms with E-state index in [0.29, 0.717) is 8.37 Å². The first kappa shape index (κ1) is 3.84. The van der Waals surface area contributed by atoms with Gasteiger partial charge in [0.1, 0.15) is 0 Å². The molecule has 0 radical (unpaired) electrons. The third-order valence-corrected chi connectivity index (χ3v) is 0.274. The Morgan fingerprint density at radius 1 is 2.00 bits per heavy atom. The highest BCUT2D eigenvalue weighted by molar-refractivity contribution is 7.29. The summed E-state index contributed by atoms with van der Waals surface area (Å²) in [4.78, 5) is 0. The SMILES string of the molecule is C=CP=N. The molecule has 1 nitrogen and oxygen atoms in total. The van der Waals surface area contributed by atoms with Crippen LogP contribution in [0.1, 0.15) is 0 Å². The molecule has 0 fully saturated rings. The van der Waals surface area contributed by atoms with Crippen LogP contribution in [0, 0.1) is 5.16 Å². The number of rotatable bonds is 1.